The standard InChI is InChI=1S/C12H25NO2/c1-10(8-11-4-3-5-11)13-12(6-7-14)9-15-2/h10-14H,3-9H2,1-2H3. The lowest BCUT2D eigenvalue weighted by atomic mass is 9.81. The van der Waals surface area contributed by atoms with E-state index < -0.39 is 0 Å². The molecule has 0 aromatic carbocycles. The molecule has 0 bridgehead atoms. The summed E-state index contributed by atoms with van der Waals surface area (Å²) in [5, 5.41) is 12.5. The van der Waals surface area contributed by atoms with E-state index in [0.29, 0.717) is 18.7 Å². The summed E-state index contributed by atoms with van der Waals surface area (Å²) < 4.78 is 5.13. The van der Waals surface area contributed by atoms with Crippen molar-refractivity contribution in [3.63, 3.8) is 0 Å². The van der Waals surface area contributed by atoms with Crippen molar-refractivity contribution in [2.24, 2.45) is 5.92 Å². The average Bonchev–Trinajstić information content (AvgIpc) is 2.12. The summed E-state index contributed by atoms with van der Waals surface area (Å²) in [4.78, 5) is 0. The van der Waals surface area contributed by atoms with Crippen LogP contribution in [0.2, 0.25) is 0 Å². The lowest BCUT2D eigenvalue weighted by Gasteiger charge is -2.30. The molecule has 3 nitrogen and oxygen atoms in total. The van der Waals surface area contributed by atoms with E-state index in [9.17, 15) is 0 Å². The molecule has 0 saturated heterocycles. The topological polar surface area (TPSA) is 41.5 Å². The van der Waals surface area contributed by atoms with Gasteiger partial charge in [-0.05, 0) is 25.7 Å². The zero-order chi connectivity index (χ0) is 11.1. The molecule has 3 heteroatoms. The second-order valence-electron chi connectivity index (χ2n) is 4.76. The molecule has 2 atom stereocenters. The van der Waals surface area contributed by atoms with E-state index in [1.54, 1.807) is 7.11 Å². The van der Waals surface area contributed by atoms with Gasteiger partial charge in [0, 0.05) is 25.8 Å². The molecule has 0 aromatic rings. The van der Waals surface area contributed by atoms with Crippen LogP contribution < -0.4 is 5.32 Å². The van der Waals surface area contributed by atoms with Crippen LogP contribution in [0.25, 0.3) is 0 Å². The minimum Gasteiger partial charge on any atom is -0.396 e. The highest BCUT2D eigenvalue weighted by Gasteiger charge is 2.21. The molecule has 1 saturated carbocycles. The molecular weight excluding hydrogens is 190 g/mol. The van der Waals surface area contributed by atoms with Gasteiger partial charge in [0.25, 0.3) is 0 Å². The maximum atomic E-state index is 8.92. The van der Waals surface area contributed by atoms with Crippen LogP contribution in [-0.4, -0.2) is 37.5 Å². The molecule has 15 heavy (non-hydrogen) atoms. The Balaban J connectivity index is 2.15. The summed E-state index contributed by atoms with van der Waals surface area (Å²) in [6.07, 6.45) is 6.27. The van der Waals surface area contributed by atoms with E-state index in [1.165, 1.54) is 25.7 Å². The first-order chi connectivity index (χ1) is 7.26. The monoisotopic (exact) mass is 215 g/mol. The number of aliphatic hydroxyl groups excluding tert-OH is 1. The smallest absolute Gasteiger partial charge is 0.0616 e. The fraction of sp³-hybridized carbons (Fsp3) is 1.00. The number of nitrogens with one attached hydrogen (secondary N) is 1. The first kappa shape index (κ1) is 12.9. The lowest BCUT2D eigenvalue weighted by molar-refractivity contribution is 0.138. The molecule has 0 radical (unpaired) electrons. The Bertz CT molecular complexity index is 154. The van der Waals surface area contributed by atoms with Crippen molar-refractivity contribution in [3.8, 4) is 0 Å². The zero-order valence-corrected chi connectivity index (χ0v) is 10.0. The van der Waals surface area contributed by atoms with Gasteiger partial charge in [-0.3, -0.25) is 0 Å². The molecule has 1 aliphatic rings. The Hall–Kier alpha value is -0.120. The summed E-state index contributed by atoms with van der Waals surface area (Å²) >= 11 is 0. The molecule has 1 rings (SSSR count). The second kappa shape index (κ2) is 7.20. The summed E-state index contributed by atoms with van der Waals surface area (Å²) in [7, 11) is 1.71. The molecule has 2 unspecified atom stereocenters. The van der Waals surface area contributed by atoms with Crippen LogP contribution >= 0.6 is 0 Å². The fourth-order valence-electron chi connectivity index (χ4n) is 2.27. The Morgan fingerprint density at radius 2 is 2.20 bits per heavy atom. The van der Waals surface area contributed by atoms with Gasteiger partial charge >= 0.3 is 0 Å². The third-order valence-corrected chi connectivity index (χ3v) is 3.28. The van der Waals surface area contributed by atoms with Gasteiger partial charge in [0.05, 0.1) is 6.61 Å². The number of ether oxygens (including phenoxy) is 1. The van der Waals surface area contributed by atoms with Gasteiger partial charge in [0.2, 0.25) is 0 Å². The van der Waals surface area contributed by atoms with E-state index in [4.69, 9.17) is 9.84 Å². The van der Waals surface area contributed by atoms with E-state index >= 15 is 0 Å². The number of aliphatic hydroxyl groups is 1. The van der Waals surface area contributed by atoms with Crippen molar-refractivity contribution in [3.05, 3.63) is 0 Å². The molecule has 2 N–H and O–H groups in total. The van der Waals surface area contributed by atoms with E-state index in [0.717, 1.165) is 12.3 Å². The van der Waals surface area contributed by atoms with Crippen molar-refractivity contribution >= 4 is 0 Å². The van der Waals surface area contributed by atoms with Gasteiger partial charge in [-0.2, -0.15) is 0 Å². The highest BCUT2D eigenvalue weighted by atomic mass is 16.5. The van der Waals surface area contributed by atoms with E-state index in [-0.39, 0.29) is 6.61 Å². The van der Waals surface area contributed by atoms with Crippen molar-refractivity contribution in [1.82, 2.24) is 5.32 Å². The molecule has 0 aliphatic heterocycles. The van der Waals surface area contributed by atoms with Gasteiger partial charge in [-0.25, -0.2) is 0 Å². The normalized spacial score (nSPS) is 21.0. The third kappa shape index (κ3) is 4.96. The highest BCUT2D eigenvalue weighted by Crippen LogP contribution is 2.30. The predicted molar refractivity (Wildman–Crippen MR) is 61.9 cm³/mol. The Morgan fingerprint density at radius 1 is 1.47 bits per heavy atom. The molecule has 1 fully saturated rings. The van der Waals surface area contributed by atoms with Crippen LogP contribution in [0.1, 0.15) is 39.0 Å². The van der Waals surface area contributed by atoms with Gasteiger partial charge in [0.15, 0.2) is 0 Å². The third-order valence-electron chi connectivity index (χ3n) is 3.28. The van der Waals surface area contributed by atoms with Crippen molar-refractivity contribution in [1.29, 1.82) is 0 Å². The highest BCUT2D eigenvalue weighted by molar-refractivity contribution is 4.77. The van der Waals surface area contributed by atoms with E-state index in [1.807, 2.05) is 0 Å². The van der Waals surface area contributed by atoms with Crippen LogP contribution in [0.4, 0.5) is 0 Å². The van der Waals surface area contributed by atoms with Crippen LogP contribution in [0.3, 0.4) is 0 Å². The minimum absolute atomic E-state index is 0.233. The largest absolute Gasteiger partial charge is 0.396 e. The minimum atomic E-state index is 0.233. The Morgan fingerprint density at radius 3 is 2.67 bits per heavy atom. The van der Waals surface area contributed by atoms with Gasteiger partial charge in [0.1, 0.15) is 0 Å². The molecule has 90 valence electrons. The number of hydrogen-bond acceptors (Lipinski definition) is 3. The molecular formula is C12H25NO2. The summed E-state index contributed by atoms with van der Waals surface area (Å²) in [6, 6.07) is 0.845. The number of methoxy groups -OCH3 is 1. The van der Waals surface area contributed by atoms with Crippen LogP contribution in [0, 0.1) is 5.92 Å². The number of rotatable bonds is 8. The van der Waals surface area contributed by atoms with Gasteiger partial charge < -0.3 is 15.2 Å². The van der Waals surface area contributed by atoms with Crippen LogP contribution in [0.5, 0.6) is 0 Å². The maximum absolute atomic E-state index is 8.92. The molecule has 0 aromatic heterocycles. The molecule has 0 spiro atoms. The maximum Gasteiger partial charge on any atom is 0.0616 e. The first-order valence-electron chi connectivity index (χ1n) is 6.12. The Labute approximate surface area is 93.2 Å². The van der Waals surface area contributed by atoms with E-state index in [2.05, 4.69) is 12.2 Å². The number of hydrogen-bond donors (Lipinski definition) is 2. The predicted octanol–water partition coefficient (Wildman–Crippen LogP) is 1.55. The van der Waals surface area contributed by atoms with Gasteiger partial charge in [-0.1, -0.05) is 19.3 Å². The van der Waals surface area contributed by atoms with Crippen LogP contribution in [-0.2, 0) is 4.74 Å². The SMILES string of the molecule is COCC(CCO)NC(C)CC1CCC1. The second-order valence-corrected chi connectivity index (χ2v) is 4.76. The van der Waals surface area contributed by atoms with Crippen molar-refractivity contribution in [2.45, 2.75) is 51.1 Å². The van der Waals surface area contributed by atoms with Gasteiger partial charge in [-0.15, -0.1) is 0 Å². The van der Waals surface area contributed by atoms with Crippen molar-refractivity contribution < 1.29 is 9.84 Å². The van der Waals surface area contributed by atoms with Crippen molar-refractivity contribution in [2.75, 3.05) is 20.3 Å². The lowest BCUT2D eigenvalue weighted by Crippen LogP contribution is -2.41. The molecule has 1 aliphatic carbocycles. The molecule has 0 amide bonds. The zero-order valence-electron chi connectivity index (χ0n) is 10.0. The summed E-state index contributed by atoms with van der Waals surface area (Å²) in [5.41, 5.74) is 0. The fourth-order valence-corrected chi connectivity index (χ4v) is 2.27. The average molecular weight is 215 g/mol. The first-order valence-corrected chi connectivity index (χ1v) is 6.12. The Kier molecular flexibility index (Phi) is 6.22. The molecule has 0 heterocycles. The summed E-state index contributed by atoms with van der Waals surface area (Å²) in [6.45, 7) is 3.16. The van der Waals surface area contributed by atoms with Crippen LogP contribution in [0.15, 0.2) is 0 Å². The quantitative estimate of drug-likeness (QED) is 0.645. The summed E-state index contributed by atoms with van der Waals surface area (Å²) in [5.74, 6) is 0.935.